The van der Waals surface area contributed by atoms with Gasteiger partial charge in [0.05, 0.1) is 6.61 Å². The fourth-order valence-electron chi connectivity index (χ4n) is 2.00. The molecule has 0 saturated heterocycles. The lowest BCUT2D eigenvalue weighted by Crippen LogP contribution is -2.20. The summed E-state index contributed by atoms with van der Waals surface area (Å²) in [4.78, 5) is 10.7. The topological polar surface area (TPSA) is 50.3 Å². The summed E-state index contributed by atoms with van der Waals surface area (Å²) in [5.41, 5.74) is 2.40. The summed E-state index contributed by atoms with van der Waals surface area (Å²) in [6.45, 7) is 3.20. The van der Waals surface area contributed by atoms with Gasteiger partial charge in [0.25, 0.3) is 0 Å². The number of rotatable bonds is 8. The van der Waals surface area contributed by atoms with E-state index in [4.69, 9.17) is 4.74 Å². The highest BCUT2D eigenvalue weighted by Crippen LogP contribution is 2.12. The molecule has 2 heterocycles. The number of pyridine rings is 2. The van der Waals surface area contributed by atoms with E-state index in [1.165, 1.54) is 11.1 Å². The van der Waals surface area contributed by atoms with Crippen LogP contribution in [0.2, 0.25) is 0 Å². The summed E-state index contributed by atoms with van der Waals surface area (Å²) in [6.07, 6.45) is 5.54. The van der Waals surface area contributed by atoms with Crippen molar-refractivity contribution in [2.24, 2.45) is 0 Å². The van der Waals surface area contributed by atoms with Crippen LogP contribution in [-0.2, 0) is 17.8 Å². The van der Waals surface area contributed by atoms with Crippen molar-refractivity contribution in [3.05, 3.63) is 54.0 Å². The highest BCUT2D eigenvalue weighted by atomic mass is 16.5. The Kier molecular flexibility index (Phi) is 6.12. The molecule has 0 fully saturated rings. The first-order valence-corrected chi connectivity index (χ1v) is 7.04. The third kappa shape index (κ3) is 5.13. The van der Waals surface area contributed by atoms with Crippen molar-refractivity contribution >= 4 is 5.82 Å². The molecule has 0 saturated carbocycles. The zero-order chi connectivity index (χ0) is 14.9. The molecule has 0 radical (unpaired) electrons. The quantitative estimate of drug-likeness (QED) is 0.751. The predicted molar refractivity (Wildman–Crippen MR) is 84.2 cm³/mol. The highest BCUT2D eigenvalue weighted by molar-refractivity contribution is 5.39. The normalized spacial score (nSPS) is 10.6. The Morgan fingerprint density at radius 2 is 1.95 bits per heavy atom. The van der Waals surface area contributed by atoms with E-state index in [2.05, 4.69) is 32.3 Å². The number of nitrogens with zero attached hydrogens (tertiary/aromatic N) is 3. The molecule has 112 valence electrons. The van der Waals surface area contributed by atoms with E-state index in [1.54, 1.807) is 7.11 Å². The molecule has 0 aliphatic carbocycles. The molecule has 0 amide bonds. The SMILES string of the molecule is COCCNCc1ccc(N(C)Cc2ccncc2)nc1. The first-order chi connectivity index (χ1) is 10.3. The predicted octanol–water partition coefficient (Wildman–Crippen LogP) is 1.85. The van der Waals surface area contributed by atoms with Crippen LogP contribution in [0.3, 0.4) is 0 Å². The molecule has 2 aromatic heterocycles. The first-order valence-electron chi connectivity index (χ1n) is 7.04. The van der Waals surface area contributed by atoms with Crippen LogP contribution in [0.1, 0.15) is 11.1 Å². The minimum absolute atomic E-state index is 0.722. The van der Waals surface area contributed by atoms with Crippen LogP contribution in [0.5, 0.6) is 0 Å². The van der Waals surface area contributed by atoms with Gasteiger partial charge in [-0.15, -0.1) is 0 Å². The fraction of sp³-hybridized carbons (Fsp3) is 0.375. The summed E-state index contributed by atoms with van der Waals surface area (Å²) in [6, 6.07) is 8.19. The van der Waals surface area contributed by atoms with Gasteiger partial charge in [-0.2, -0.15) is 0 Å². The molecule has 0 aliphatic heterocycles. The van der Waals surface area contributed by atoms with Crippen molar-refractivity contribution in [3.8, 4) is 0 Å². The van der Waals surface area contributed by atoms with E-state index >= 15 is 0 Å². The second-order valence-corrected chi connectivity index (χ2v) is 4.91. The maximum absolute atomic E-state index is 5.00. The molecule has 0 unspecified atom stereocenters. The summed E-state index contributed by atoms with van der Waals surface area (Å²) < 4.78 is 5.00. The third-order valence-corrected chi connectivity index (χ3v) is 3.18. The molecule has 0 bridgehead atoms. The molecular formula is C16H22N4O. The zero-order valence-electron chi connectivity index (χ0n) is 12.6. The van der Waals surface area contributed by atoms with Gasteiger partial charge in [0.1, 0.15) is 5.82 Å². The average Bonchev–Trinajstić information content (AvgIpc) is 2.53. The smallest absolute Gasteiger partial charge is 0.128 e. The van der Waals surface area contributed by atoms with Crippen LogP contribution in [0.25, 0.3) is 0 Å². The average molecular weight is 286 g/mol. The number of hydrogen-bond donors (Lipinski definition) is 1. The van der Waals surface area contributed by atoms with Gasteiger partial charge in [0.2, 0.25) is 0 Å². The van der Waals surface area contributed by atoms with Gasteiger partial charge in [0.15, 0.2) is 0 Å². The van der Waals surface area contributed by atoms with Gasteiger partial charge >= 0.3 is 0 Å². The van der Waals surface area contributed by atoms with Crippen molar-refractivity contribution in [2.75, 3.05) is 32.2 Å². The van der Waals surface area contributed by atoms with E-state index in [1.807, 2.05) is 37.8 Å². The Hall–Kier alpha value is -1.98. The Bertz CT molecular complexity index is 516. The Labute approximate surface area is 126 Å². The van der Waals surface area contributed by atoms with Gasteiger partial charge in [-0.25, -0.2) is 4.98 Å². The number of methoxy groups -OCH3 is 1. The maximum atomic E-state index is 5.00. The lowest BCUT2D eigenvalue weighted by Gasteiger charge is -2.18. The second-order valence-electron chi connectivity index (χ2n) is 4.91. The zero-order valence-corrected chi connectivity index (χ0v) is 12.6. The molecular weight excluding hydrogens is 264 g/mol. The molecule has 0 spiro atoms. The Morgan fingerprint density at radius 1 is 1.14 bits per heavy atom. The third-order valence-electron chi connectivity index (χ3n) is 3.18. The maximum Gasteiger partial charge on any atom is 0.128 e. The van der Waals surface area contributed by atoms with E-state index in [0.717, 1.165) is 32.1 Å². The lowest BCUT2D eigenvalue weighted by atomic mass is 10.2. The Morgan fingerprint density at radius 3 is 2.62 bits per heavy atom. The second kappa shape index (κ2) is 8.34. The lowest BCUT2D eigenvalue weighted by molar-refractivity contribution is 0.199. The van der Waals surface area contributed by atoms with E-state index < -0.39 is 0 Å². The molecule has 1 N–H and O–H groups in total. The van der Waals surface area contributed by atoms with Gasteiger partial charge < -0.3 is 15.0 Å². The highest BCUT2D eigenvalue weighted by Gasteiger charge is 2.03. The number of aromatic nitrogens is 2. The fourth-order valence-corrected chi connectivity index (χ4v) is 2.00. The largest absolute Gasteiger partial charge is 0.383 e. The van der Waals surface area contributed by atoms with Crippen LogP contribution < -0.4 is 10.2 Å². The molecule has 0 aromatic carbocycles. The number of ether oxygens (including phenoxy) is 1. The van der Waals surface area contributed by atoms with Crippen LogP contribution in [0.15, 0.2) is 42.9 Å². The molecule has 0 atom stereocenters. The van der Waals surface area contributed by atoms with E-state index in [0.29, 0.717) is 0 Å². The van der Waals surface area contributed by atoms with Gasteiger partial charge in [-0.1, -0.05) is 6.07 Å². The van der Waals surface area contributed by atoms with Gasteiger partial charge in [-0.3, -0.25) is 4.98 Å². The van der Waals surface area contributed by atoms with Crippen molar-refractivity contribution in [3.63, 3.8) is 0 Å². The number of hydrogen-bond acceptors (Lipinski definition) is 5. The van der Waals surface area contributed by atoms with Crippen molar-refractivity contribution in [1.82, 2.24) is 15.3 Å². The van der Waals surface area contributed by atoms with Crippen LogP contribution in [0, 0.1) is 0 Å². The summed E-state index contributed by atoms with van der Waals surface area (Å²) >= 11 is 0. The minimum Gasteiger partial charge on any atom is -0.383 e. The molecule has 5 heteroatoms. The molecule has 5 nitrogen and oxygen atoms in total. The van der Waals surface area contributed by atoms with E-state index in [9.17, 15) is 0 Å². The first kappa shape index (κ1) is 15.4. The van der Waals surface area contributed by atoms with Crippen molar-refractivity contribution in [2.45, 2.75) is 13.1 Å². The monoisotopic (exact) mass is 286 g/mol. The molecule has 2 rings (SSSR count). The summed E-state index contributed by atoms with van der Waals surface area (Å²) in [7, 11) is 3.75. The molecule has 2 aromatic rings. The van der Waals surface area contributed by atoms with Gasteiger partial charge in [-0.05, 0) is 29.3 Å². The van der Waals surface area contributed by atoms with Crippen LogP contribution in [0.4, 0.5) is 5.82 Å². The Balaban J connectivity index is 1.86. The van der Waals surface area contributed by atoms with Crippen molar-refractivity contribution in [1.29, 1.82) is 0 Å². The summed E-state index contributed by atoms with van der Waals surface area (Å²) in [5, 5.41) is 3.31. The molecule has 0 aliphatic rings. The van der Waals surface area contributed by atoms with Gasteiger partial charge in [0, 0.05) is 52.4 Å². The summed E-state index contributed by atoms with van der Waals surface area (Å²) in [5.74, 6) is 0.965. The number of nitrogens with one attached hydrogen (secondary N) is 1. The molecule has 21 heavy (non-hydrogen) atoms. The number of anilines is 1. The van der Waals surface area contributed by atoms with E-state index in [-0.39, 0.29) is 0 Å². The minimum atomic E-state index is 0.722. The standard InChI is InChI=1S/C16H22N4O/c1-20(13-14-5-7-17-8-6-14)16-4-3-15(12-19-16)11-18-9-10-21-2/h3-8,12,18H,9-11,13H2,1-2H3. The van der Waals surface area contributed by atoms with Crippen molar-refractivity contribution < 1.29 is 4.74 Å². The van der Waals surface area contributed by atoms with Crippen LogP contribution in [-0.4, -0.2) is 37.3 Å². The van der Waals surface area contributed by atoms with Crippen LogP contribution >= 0.6 is 0 Å².